The van der Waals surface area contributed by atoms with Gasteiger partial charge in [-0.15, -0.1) is 0 Å². The largest absolute Gasteiger partial charge is 0.368 e. The van der Waals surface area contributed by atoms with Crippen molar-refractivity contribution in [3.8, 4) is 0 Å². The van der Waals surface area contributed by atoms with Gasteiger partial charge in [-0.1, -0.05) is 29.8 Å². The molecule has 0 bridgehead atoms. The predicted molar refractivity (Wildman–Crippen MR) is 99.4 cm³/mol. The Kier molecular flexibility index (Phi) is 6.00. The molecular formula is C19H28ClN3O2. The topological polar surface area (TPSA) is 67.6 Å². The number of benzene rings is 1. The second-order valence-electron chi connectivity index (χ2n) is 7.39. The van der Waals surface area contributed by atoms with Crippen LogP contribution in [0.3, 0.4) is 0 Å². The lowest BCUT2D eigenvalue weighted by molar-refractivity contribution is -0.156. The third-order valence-electron chi connectivity index (χ3n) is 5.60. The quantitative estimate of drug-likeness (QED) is 0.810. The number of nitrogens with one attached hydrogen (secondary N) is 1. The molecule has 1 amide bonds. The van der Waals surface area contributed by atoms with E-state index < -0.39 is 5.60 Å². The average Bonchev–Trinajstić information content (AvgIpc) is 2.60. The smallest absolute Gasteiger partial charge is 0.252 e. The lowest BCUT2D eigenvalue weighted by Crippen LogP contribution is -2.61. The number of nitrogens with zero attached hydrogens (tertiary/aromatic N) is 1. The van der Waals surface area contributed by atoms with Crippen LogP contribution in [-0.4, -0.2) is 49.2 Å². The number of hydrogen-bond donors (Lipinski definition) is 2. The molecule has 6 heteroatoms. The van der Waals surface area contributed by atoms with E-state index in [9.17, 15) is 4.79 Å². The molecule has 2 aliphatic rings. The van der Waals surface area contributed by atoms with Crippen LogP contribution in [-0.2, 0) is 16.1 Å². The Morgan fingerprint density at radius 3 is 2.64 bits per heavy atom. The minimum atomic E-state index is -0.690. The van der Waals surface area contributed by atoms with Crippen LogP contribution in [0.1, 0.15) is 31.2 Å². The van der Waals surface area contributed by atoms with Gasteiger partial charge in [0, 0.05) is 44.1 Å². The molecule has 0 radical (unpaired) electrons. The Hall–Kier alpha value is -1.14. The summed E-state index contributed by atoms with van der Waals surface area (Å²) in [4.78, 5) is 14.8. The average molecular weight is 366 g/mol. The van der Waals surface area contributed by atoms with E-state index in [1.165, 1.54) is 5.56 Å². The van der Waals surface area contributed by atoms with Gasteiger partial charge in [-0.3, -0.25) is 9.69 Å². The zero-order valence-electron chi connectivity index (χ0n) is 14.8. The first kappa shape index (κ1) is 18.6. The van der Waals surface area contributed by atoms with Gasteiger partial charge in [-0.2, -0.15) is 0 Å². The molecule has 2 fully saturated rings. The highest BCUT2D eigenvalue weighted by Crippen LogP contribution is 2.34. The molecule has 5 nitrogen and oxygen atoms in total. The molecule has 138 valence electrons. The van der Waals surface area contributed by atoms with Crippen LogP contribution in [0.5, 0.6) is 0 Å². The number of piperidine rings is 1. The van der Waals surface area contributed by atoms with Crippen LogP contribution < -0.4 is 11.1 Å². The molecule has 3 rings (SSSR count). The minimum absolute atomic E-state index is 0.00445. The molecular weight excluding hydrogens is 338 g/mol. The summed E-state index contributed by atoms with van der Waals surface area (Å²) < 4.78 is 5.43. The highest BCUT2D eigenvalue weighted by atomic mass is 35.5. The summed E-state index contributed by atoms with van der Waals surface area (Å²) in [5, 5.41) is 3.91. The third-order valence-corrected chi connectivity index (χ3v) is 5.97. The van der Waals surface area contributed by atoms with E-state index in [0.717, 1.165) is 44.0 Å². The van der Waals surface area contributed by atoms with Gasteiger partial charge < -0.3 is 15.8 Å². The van der Waals surface area contributed by atoms with Crippen molar-refractivity contribution in [3.63, 3.8) is 0 Å². The van der Waals surface area contributed by atoms with Crippen molar-refractivity contribution in [2.24, 2.45) is 11.7 Å². The Morgan fingerprint density at radius 2 is 2.04 bits per heavy atom. The van der Waals surface area contributed by atoms with Crippen molar-refractivity contribution < 1.29 is 9.53 Å². The fraction of sp³-hybridized carbons (Fsp3) is 0.632. The Balaban J connectivity index is 1.41. The number of carbonyl (C=O) groups is 1. The number of methoxy groups -OCH3 is 1. The molecule has 1 aliphatic carbocycles. The molecule has 1 aliphatic heterocycles. The van der Waals surface area contributed by atoms with Gasteiger partial charge in [0.15, 0.2) is 0 Å². The Labute approximate surface area is 154 Å². The van der Waals surface area contributed by atoms with Gasteiger partial charge in [-0.05, 0) is 43.5 Å². The number of carbonyl (C=O) groups excluding carboxylic acids is 1. The molecule has 1 saturated carbocycles. The highest BCUT2D eigenvalue weighted by molar-refractivity contribution is 6.31. The van der Waals surface area contributed by atoms with E-state index in [4.69, 9.17) is 22.1 Å². The number of nitrogens with two attached hydrogens (primary N) is 1. The number of rotatable bonds is 6. The van der Waals surface area contributed by atoms with Crippen molar-refractivity contribution in [2.45, 2.75) is 43.9 Å². The maximum Gasteiger partial charge on any atom is 0.252 e. The second kappa shape index (κ2) is 8.04. The Bertz CT molecular complexity index is 596. The van der Waals surface area contributed by atoms with Gasteiger partial charge in [0.05, 0.1) is 0 Å². The zero-order chi connectivity index (χ0) is 17.9. The monoisotopic (exact) mass is 365 g/mol. The summed E-state index contributed by atoms with van der Waals surface area (Å²) in [6.07, 6.45) is 3.41. The first-order valence-electron chi connectivity index (χ1n) is 9.07. The van der Waals surface area contributed by atoms with Crippen LogP contribution >= 0.6 is 11.6 Å². The Morgan fingerprint density at radius 1 is 1.36 bits per heavy atom. The van der Waals surface area contributed by atoms with Crippen LogP contribution in [0.4, 0.5) is 0 Å². The summed E-state index contributed by atoms with van der Waals surface area (Å²) >= 11 is 6.25. The van der Waals surface area contributed by atoms with E-state index in [0.29, 0.717) is 18.8 Å². The SMILES string of the molecule is COC1(C(=O)NCC2CCN(Cc3ccccc3Cl)CC2)CC(N)C1. The molecule has 25 heavy (non-hydrogen) atoms. The molecule has 1 aromatic rings. The van der Waals surface area contributed by atoms with Crippen molar-refractivity contribution in [1.82, 2.24) is 10.2 Å². The standard InChI is InChI=1S/C19H28ClN3O2/c1-25-19(10-16(21)11-19)18(24)22-12-14-6-8-23(9-7-14)13-15-4-2-3-5-17(15)20/h2-5,14,16H,6-13,21H2,1H3,(H,22,24). The molecule has 1 aromatic carbocycles. The summed E-state index contributed by atoms with van der Waals surface area (Å²) in [5.41, 5.74) is 6.31. The number of hydrogen-bond acceptors (Lipinski definition) is 4. The molecule has 0 spiro atoms. The van der Waals surface area contributed by atoms with Crippen molar-refractivity contribution in [3.05, 3.63) is 34.9 Å². The zero-order valence-corrected chi connectivity index (χ0v) is 15.6. The minimum Gasteiger partial charge on any atom is -0.368 e. The maximum absolute atomic E-state index is 12.4. The van der Waals surface area contributed by atoms with Crippen LogP contribution in [0.25, 0.3) is 0 Å². The van der Waals surface area contributed by atoms with Gasteiger partial charge in [-0.25, -0.2) is 0 Å². The summed E-state index contributed by atoms with van der Waals surface area (Å²) in [6.45, 7) is 3.68. The van der Waals surface area contributed by atoms with E-state index >= 15 is 0 Å². The molecule has 0 aromatic heterocycles. The summed E-state index contributed by atoms with van der Waals surface area (Å²) in [5.74, 6) is 0.518. The van der Waals surface area contributed by atoms with Crippen LogP contribution in [0, 0.1) is 5.92 Å². The first-order valence-corrected chi connectivity index (χ1v) is 9.45. The molecule has 3 N–H and O–H groups in total. The predicted octanol–water partition coefficient (Wildman–Crippen LogP) is 2.17. The van der Waals surface area contributed by atoms with Gasteiger partial charge in [0.1, 0.15) is 5.60 Å². The lowest BCUT2D eigenvalue weighted by atomic mass is 9.75. The fourth-order valence-corrected chi connectivity index (χ4v) is 4.04. The van der Waals surface area contributed by atoms with E-state index in [1.807, 2.05) is 18.2 Å². The lowest BCUT2D eigenvalue weighted by Gasteiger charge is -2.43. The number of amides is 1. The summed E-state index contributed by atoms with van der Waals surface area (Å²) in [6, 6.07) is 8.10. The van der Waals surface area contributed by atoms with Crippen molar-refractivity contribution >= 4 is 17.5 Å². The van der Waals surface area contributed by atoms with Crippen molar-refractivity contribution in [1.29, 1.82) is 0 Å². The third kappa shape index (κ3) is 4.34. The van der Waals surface area contributed by atoms with Crippen molar-refractivity contribution in [2.75, 3.05) is 26.7 Å². The first-order chi connectivity index (χ1) is 12.0. The van der Waals surface area contributed by atoms with Crippen LogP contribution in [0.15, 0.2) is 24.3 Å². The molecule has 0 unspecified atom stereocenters. The van der Waals surface area contributed by atoms with E-state index in [2.05, 4.69) is 16.3 Å². The number of likely N-dealkylation sites (tertiary alicyclic amines) is 1. The fourth-order valence-electron chi connectivity index (χ4n) is 3.85. The maximum atomic E-state index is 12.4. The number of halogens is 1. The van der Waals surface area contributed by atoms with Gasteiger partial charge in [0.2, 0.25) is 0 Å². The highest BCUT2D eigenvalue weighted by Gasteiger charge is 2.49. The molecule has 1 saturated heterocycles. The van der Waals surface area contributed by atoms with Gasteiger partial charge >= 0.3 is 0 Å². The van der Waals surface area contributed by atoms with E-state index in [-0.39, 0.29) is 11.9 Å². The molecule has 0 atom stereocenters. The normalized spacial score (nSPS) is 27.7. The molecule has 1 heterocycles. The summed E-state index contributed by atoms with van der Waals surface area (Å²) in [7, 11) is 1.60. The second-order valence-corrected chi connectivity index (χ2v) is 7.79. The van der Waals surface area contributed by atoms with Crippen LogP contribution in [0.2, 0.25) is 5.02 Å². The van der Waals surface area contributed by atoms with Gasteiger partial charge in [0.25, 0.3) is 5.91 Å². The number of ether oxygens (including phenoxy) is 1. The van der Waals surface area contributed by atoms with E-state index in [1.54, 1.807) is 7.11 Å².